The second-order valence-corrected chi connectivity index (χ2v) is 8.68. The van der Waals surface area contributed by atoms with Gasteiger partial charge >= 0.3 is 5.97 Å². The number of hydrogen-bond donors (Lipinski definition) is 0. The third kappa shape index (κ3) is 25.2. The van der Waals surface area contributed by atoms with Crippen LogP contribution in [0.1, 0.15) is 149 Å². The summed E-state index contributed by atoms with van der Waals surface area (Å²) in [7, 11) is 0. The normalized spacial score (nSPS) is 11.4. The molecule has 29 heavy (non-hydrogen) atoms. The molecule has 0 aliphatic carbocycles. The lowest BCUT2D eigenvalue weighted by molar-refractivity contribution is -0.143. The fourth-order valence-electron chi connectivity index (χ4n) is 3.66. The molecule has 0 aromatic heterocycles. The molecule has 0 fully saturated rings. The van der Waals surface area contributed by atoms with Gasteiger partial charge in [0.1, 0.15) is 0 Å². The van der Waals surface area contributed by atoms with E-state index >= 15 is 0 Å². The average Bonchev–Trinajstić information content (AvgIpc) is 2.72. The molecule has 172 valence electrons. The first-order valence-electron chi connectivity index (χ1n) is 13.1. The number of rotatable bonds is 23. The Morgan fingerprint density at radius 3 is 1.48 bits per heavy atom. The smallest absolute Gasteiger partial charge is 0.305 e. The molecule has 0 atom stereocenters. The molecule has 0 aromatic carbocycles. The van der Waals surface area contributed by atoms with Gasteiger partial charge in [0, 0.05) is 6.42 Å². The number of ether oxygens (including phenoxy) is 1. The fraction of sp³-hybridized carbons (Fsp3) is 0.889. The molecule has 0 amide bonds. The van der Waals surface area contributed by atoms with Crippen molar-refractivity contribution in [3.05, 3.63) is 12.2 Å². The molecule has 2 heteroatoms. The Morgan fingerprint density at radius 2 is 0.966 bits per heavy atom. The maximum absolute atomic E-state index is 11.7. The molecule has 0 saturated heterocycles. The highest BCUT2D eigenvalue weighted by molar-refractivity contribution is 5.69. The van der Waals surface area contributed by atoms with Crippen LogP contribution in [0, 0.1) is 0 Å². The molecule has 2 nitrogen and oxygen atoms in total. The summed E-state index contributed by atoms with van der Waals surface area (Å²) in [6.07, 6.45) is 31.0. The zero-order valence-electron chi connectivity index (χ0n) is 20.0. The monoisotopic (exact) mass is 408 g/mol. The average molecular weight is 409 g/mol. The molecular formula is C27H52O2. The molecule has 0 rings (SSSR count). The summed E-state index contributed by atoms with van der Waals surface area (Å²) in [6, 6.07) is 0. The number of unbranched alkanes of at least 4 members (excludes halogenated alkanes) is 17. The number of carbonyl (C=O) groups is 1. The highest BCUT2D eigenvalue weighted by atomic mass is 16.5. The van der Waals surface area contributed by atoms with Gasteiger partial charge in [-0.15, -0.1) is 0 Å². The van der Waals surface area contributed by atoms with Gasteiger partial charge in [0.05, 0.1) is 6.61 Å². The molecular weight excluding hydrogens is 356 g/mol. The summed E-state index contributed by atoms with van der Waals surface area (Å²) >= 11 is 0. The third-order valence-electron chi connectivity index (χ3n) is 5.65. The van der Waals surface area contributed by atoms with Gasteiger partial charge in [0.25, 0.3) is 0 Å². The van der Waals surface area contributed by atoms with E-state index in [1.165, 1.54) is 109 Å². The van der Waals surface area contributed by atoms with Crippen LogP contribution in [0.15, 0.2) is 12.2 Å². The second-order valence-electron chi connectivity index (χ2n) is 8.68. The van der Waals surface area contributed by atoms with Crippen molar-refractivity contribution < 1.29 is 9.53 Å². The maximum Gasteiger partial charge on any atom is 0.305 e. The molecule has 0 aliphatic rings. The molecule has 0 aliphatic heterocycles. The summed E-state index contributed by atoms with van der Waals surface area (Å²) in [5, 5.41) is 0. The Morgan fingerprint density at radius 1 is 0.552 bits per heavy atom. The lowest BCUT2D eigenvalue weighted by Crippen LogP contribution is -2.05. The highest BCUT2D eigenvalue weighted by Gasteiger charge is 2.02. The SMILES string of the molecule is CCCCCCCC/C=C\CCCCCCCC(=O)OCCCCCCCCC. The molecule has 0 aromatic rings. The number of hydrogen-bond acceptors (Lipinski definition) is 2. The Bertz CT molecular complexity index is 348. The minimum absolute atomic E-state index is 0.00797. The summed E-state index contributed by atoms with van der Waals surface area (Å²) < 4.78 is 5.34. The van der Waals surface area contributed by atoms with Crippen molar-refractivity contribution in [1.29, 1.82) is 0 Å². The molecule has 0 saturated carbocycles. The Labute approximate surface area is 183 Å². The fourth-order valence-corrected chi connectivity index (χ4v) is 3.66. The van der Waals surface area contributed by atoms with Crippen LogP contribution < -0.4 is 0 Å². The summed E-state index contributed by atoms with van der Waals surface area (Å²) in [5.74, 6) is 0.00797. The predicted octanol–water partition coefficient (Wildman–Crippen LogP) is 9.32. The van der Waals surface area contributed by atoms with Crippen LogP contribution in [0.5, 0.6) is 0 Å². The van der Waals surface area contributed by atoms with E-state index in [9.17, 15) is 4.79 Å². The zero-order chi connectivity index (χ0) is 21.3. The highest BCUT2D eigenvalue weighted by Crippen LogP contribution is 2.11. The van der Waals surface area contributed by atoms with Crippen molar-refractivity contribution in [2.75, 3.05) is 6.61 Å². The van der Waals surface area contributed by atoms with Crippen molar-refractivity contribution >= 4 is 5.97 Å². The first-order valence-corrected chi connectivity index (χ1v) is 13.1. The largest absolute Gasteiger partial charge is 0.466 e. The van der Waals surface area contributed by atoms with Gasteiger partial charge in [-0.1, -0.05) is 116 Å². The van der Waals surface area contributed by atoms with Crippen molar-refractivity contribution in [1.82, 2.24) is 0 Å². The number of esters is 1. The van der Waals surface area contributed by atoms with E-state index < -0.39 is 0 Å². The minimum atomic E-state index is 0.00797. The van der Waals surface area contributed by atoms with Crippen molar-refractivity contribution in [3.8, 4) is 0 Å². The van der Waals surface area contributed by atoms with Crippen molar-refractivity contribution in [2.24, 2.45) is 0 Å². The number of allylic oxidation sites excluding steroid dienone is 2. The van der Waals surface area contributed by atoms with Crippen LogP contribution in [-0.2, 0) is 9.53 Å². The van der Waals surface area contributed by atoms with E-state index in [-0.39, 0.29) is 5.97 Å². The molecule has 0 N–H and O–H groups in total. The van der Waals surface area contributed by atoms with Crippen LogP contribution in [-0.4, -0.2) is 12.6 Å². The van der Waals surface area contributed by atoms with Gasteiger partial charge in [-0.2, -0.15) is 0 Å². The number of carbonyl (C=O) groups excluding carboxylic acids is 1. The van der Waals surface area contributed by atoms with E-state index in [1.54, 1.807) is 0 Å². The molecule has 0 spiro atoms. The first-order chi connectivity index (χ1) is 14.3. The lowest BCUT2D eigenvalue weighted by Gasteiger charge is -2.05. The standard InChI is InChI=1S/C27H52O2/c1-3-5-7-9-11-12-13-14-15-16-17-18-19-21-23-25-27(28)29-26-24-22-20-10-8-6-4-2/h14-15H,3-13,16-26H2,1-2H3/b15-14-. The van der Waals surface area contributed by atoms with Crippen molar-refractivity contribution in [3.63, 3.8) is 0 Å². The second kappa shape index (κ2) is 25.2. The maximum atomic E-state index is 11.7. The van der Waals surface area contributed by atoms with Crippen LogP contribution in [0.4, 0.5) is 0 Å². The van der Waals surface area contributed by atoms with E-state index in [1.807, 2.05) is 0 Å². The minimum Gasteiger partial charge on any atom is -0.466 e. The topological polar surface area (TPSA) is 26.3 Å². The third-order valence-corrected chi connectivity index (χ3v) is 5.65. The lowest BCUT2D eigenvalue weighted by atomic mass is 10.1. The Kier molecular flexibility index (Phi) is 24.6. The van der Waals surface area contributed by atoms with Gasteiger partial charge in [0.15, 0.2) is 0 Å². The van der Waals surface area contributed by atoms with E-state index in [0.717, 1.165) is 19.3 Å². The van der Waals surface area contributed by atoms with Crippen LogP contribution in [0.25, 0.3) is 0 Å². The van der Waals surface area contributed by atoms with Crippen molar-refractivity contribution in [2.45, 2.75) is 149 Å². The van der Waals surface area contributed by atoms with Gasteiger partial charge in [-0.25, -0.2) is 0 Å². The summed E-state index contributed by atoms with van der Waals surface area (Å²) in [4.78, 5) is 11.7. The summed E-state index contributed by atoms with van der Waals surface area (Å²) in [6.45, 7) is 5.14. The van der Waals surface area contributed by atoms with Crippen LogP contribution >= 0.6 is 0 Å². The quantitative estimate of drug-likeness (QED) is 0.0956. The van der Waals surface area contributed by atoms with Gasteiger partial charge in [-0.3, -0.25) is 4.79 Å². The Hall–Kier alpha value is -0.790. The van der Waals surface area contributed by atoms with Crippen LogP contribution in [0.3, 0.4) is 0 Å². The van der Waals surface area contributed by atoms with E-state index in [4.69, 9.17) is 4.74 Å². The van der Waals surface area contributed by atoms with E-state index in [0.29, 0.717) is 13.0 Å². The van der Waals surface area contributed by atoms with Gasteiger partial charge in [0.2, 0.25) is 0 Å². The molecule has 0 heterocycles. The molecule has 0 radical (unpaired) electrons. The Balaban J connectivity index is 3.19. The summed E-state index contributed by atoms with van der Waals surface area (Å²) in [5.41, 5.74) is 0. The molecule has 0 bridgehead atoms. The predicted molar refractivity (Wildman–Crippen MR) is 128 cm³/mol. The van der Waals surface area contributed by atoms with Crippen LogP contribution in [0.2, 0.25) is 0 Å². The van der Waals surface area contributed by atoms with Gasteiger partial charge in [-0.05, 0) is 38.5 Å². The first kappa shape index (κ1) is 28.2. The van der Waals surface area contributed by atoms with E-state index in [2.05, 4.69) is 26.0 Å². The molecule has 0 unspecified atom stereocenters. The zero-order valence-corrected chi connectivity index (χ0v) is 20.0. The van der Waals surface area contributed by atoms with Gasteiger partial charge < -0.3 is 4.74 Å².